The number of H-pyrrole nitrogens is 1. The third-order valence-corrected chi connectivity index (χ3v) is 5.26. The molecular formula is C21H21F2N3OS. The molecule has 3 aromatic rings. The van der Waals surface area contributed by atoms with E-state index in [0.717, 1.165) is 31.3 Å². The molecule has 2 heterocycles. The van der Waals surface area contributed by atoms with Gasteiger partial charge in [-0.3, -0.25) is 0 Å². The van der Waals surface area contributed by atoms with Gasteiger partial charge in [-0.25, -0.2) is 8.78 Å². The Bertz CT molecular complexity index is 1020. The number of nitrogens with zero attached hydrogens (tertiary/aromatic N) is 1. The van der Waals surface area contributed by atoms with Gasteiger partial charge in [0.1, 0.15) is 12.4 Å². The second-order valence-corrected chi connectivity index (χ2v) is 7.30. The van der Waals surface area contributed by atoms with Crippen molar-refractivity contribution in [2.45, 2.75) is 25.4 Å². The van der Waals surface area contributed by atoms with E-state index in [1.54, 1.807) is 0 Å². The summed E-state index contributed by atoms with van der Waals surface area (Å²) in [6, 6.07) is 12.3. The number of imidazole rings is 1. The van der Waals surface area contributed by atoms with Crippen molar-refractivity contribution in [1.82, 2.24) is 14.9 Å². The summed E-state index contributed by atoms with van der Waals surface area (Å²) in [5.74, 6) is -1.11. The Hall–Kier alpha value is -2.51. The molecule has 1 aliphatic rings. The number of ether oxygens (including phenoxy) is 1. The first-order valence-electron chi connectivity index (χ1n) is 9.26. The SMILES string of the molecule is Fc1cc(F)c2c(c1)CC(n1c(CCNCc3ccccc3)c[nH]c1=S)CO2. The van der Waals surface area contributed by atoms with E-state index < -0.39 is 11.6 Å². The number of hydrogen-bond donors (Lipinski definition) is 2. The summed E-state index contributed by atoms with van der Waals surface area (Å²) < 4.78 is 35.7. The van der Waals surface area contributed by atoms with Crippen molar-refractivity contribution in [3.63, 3.8) is 0 Å². The zero-order valence-electron chi connectivity index (χ0n) is 15.3. The molecule has 1 unspecified atom stereocenters. The highest BCUT2D eigenvalue weighted by Crippen LogP contribution is 2.33. The summed E-state index contributed by atoms with van der Waals surface area (Å²) in [5, 5.41) is 3.43. The lowest BCUT2D eigenvalue weighted by atomic mass is 10.0. The summed E-state index contributed by atoms with van der Waals surface area (Å²) >= 11 is 5.44. The van der Waals surface area contributed by atoms with Crippen LogP contribution in [0.2, 0.25) is 0 Å². The Kier molecular flexibility index (Phi) is 5.54. The fourth-order valence-corrected chi connectivity index (χ4v) is 3.96. The molecule has 0 radical (unpaired) electrons. The van der Waals surface area contributed by atoms with Crippen LogP contribution in [0.3, 0.4) is 0 Å². The highest BCUT2D eigenvalue weighted by atomic mass is 32.1. The van der Waals surface area contributed by atoms with Crippen LogP contribution in [0, 0.1) is 16.4 Å². The average Bonchev–Trinajstić information content (AvgIpc) is 3.06. The van der Waals surface area contributed by atoms with Crippen LogP contribution in [-0.2, 0) is 19.4 Å². The molecule has 0 aliphatic carbocycles. The number of fused-ring (bicyclic) bond motifs is 1. The van der Waals surface area contributed by atoms with Gasteiger partial charge in [-0.1, -0.05) is 30.3 Å². The smallest absolute Gasteiger partial charge is 0.177 e. The van der Waals surface area contributed by atoms with Gasteiger partial charge in [-0.15, -0.1) is 0 Å². The maximum atomic E-state index is 13.9. The van der Waals surface area contributed by atoms with Crippen LogP contribution in [0.25, 0.3) is 0 Å². The van der Waals surface area contributed by atoms with E-state index >= 15 is 0 Å². The van der Waals surface area contributed by atoms with Crippen LogP contribution in [0.15, 0.2) is 48.7 Å². The van der Waals surface area contributed by atoms with E-state index in [9.17, 15) is 8.78 Å². The molecule has 4 nitrogen and oxygen atoms in total. The summed E-state index contributed by atoms with van der Waals surface area (Å²) in [5.41, 5.74) is 2.80. The van der Waals surface area contributed by atoms with Crippen LogP contribution in [0.4, 0.5) is 8.78 Å². The molecule has 0 bridgehead atoms. The van der Waals surface area contributed by atoms with Crippen molar-refractivity contribution in [2.75, 3.05) is 13.2 Å². The molecule has 4 rings (SSSR count). The first-order valence-corrected chi connectivity index (χ1v) is 9.67. The fraction of sp³-hybridized carbons (Fsp3) is 0.286. The quantitative estimate of drug-likeness (QED) is 0.477. The van der Waals surface area contributed by atoms with Crippen LogP contribution in [-0.4, -0.2) is 22.7 Å². The van der Waals surface area contributed by atoms with Crippen molar-refractivity contribution >= 4 is 12.2 Å². The Morgan fingerprint density at radius 3 is 2.86 bits per heavy atom. The minimum atomic E-state index is -0.656. The highest BCUT2D eigenvalue weighted by molar-refractivity contribution is 7.71. The molecule has 1 atom stereocenters. The van der Waals surface area contributed by atoms with Crippen molar-refractivity contribution in [3.8, 4) is 5.75 Å². The maximum Gasteiger partial charge on any atom is 0.177 e. The monoisotopic (exact) mass is 401 g/mol. The predicted octanol–water partition coefficient (Wildman–Crippen LogP) is 4.33. The third kappa shape index (κ3) is 4.00. The molecule has 2 aromatic carbocycles. The number of hydrogen-bond acceptors (Lipinski definition) is 3. The topological polar surface area (TPSA) is 42.0 Å². The zero-order valence-corrected chi connectivity index (χ0v) is 16.1. The van der Waals surface area contributed by atoms with Crippen molar-refractivity contribution in [2.24, 2.45) is 0 Å². The molecule has 0 saturated heterocycles. The first-order chi connectivity index (χ1) is 13.6. The Labute approximate surface area is 167 Å². The lowest BCUT2D eigenvalue weighted by Gasteiger charge is -2.28. The van der Waals surface area contributed by atoms with Gasteiger partial charge in [-0.05, 0) is 23.8 Å². The van der Waals surface area contributed by atoms with Gasteiger partial charge < -0.3 is 19.6 Å². The molecule has 1 aromatic heterocycles. The van der Waals surface area contributed by atoms with E-state index in [2.05, 4.69) is 22.4 Å². The van der Waals surface area contributed by atoms with E-state index in [1.807, 2.05) is 29.0 Å². The molecule has 2 N–H and O–H groups in total. The molecule has 28 heavy (non-hydrogen) atoms. The third-order valence-electron chi connectivity index (χ3n) is 4.95. The van der Waals surface area contributed by atoms with Gasteiger partial charge in [0.15, 0.2) is 16.3 Å². The van der Waals surface area contributed by atoms with Gasteiger partial charge in [-0.2, -0.15) is 0 Å². The normalized spacial score (nSPS) is 15.9. The van der Waals surface area contributed by atoms with E-state index in [4.69, 9.17) is 17.0 Å². The number of aromatic amines is 1. The minimum Gasteiger partial charge on any atom is -0.488 e. The number of halogens is 2. The molecule has 0 amide bonds. The van der Waals surface area contributed by atoms with Gasteiger partial charge >= 0.3 is 0 Å². The average molecular weight is 401 g/mol. The van der Waals surface area contributed by atoms with Crippen LogP contribution in [0.5, 0.6) is 5.75 Å². The van der Waals surface area contributed by atoms with Gasteiger partial charge in [0.05, 0.1) is 6.04 Å². The van der Waals surface area contributed by atoms with Gasteiger partial charge in [0.25, 0.3) is 0 Å². The molecule has 0 spiro atoms. The molecule has 7 heteroatoms. The minimum absolute atomic E-state index is 0.100. The van der Waals surface area contributed by atoms with Crippen LogP contribution >= 0.6 is 12.2 Å². The predicted molar refractivity (Wildman–Crippen MR) is 106 cm³/mol. The largest absolute Gasteiger partial charge is 0.488 e. The Balaban J connectivity index is 1.44. The van der Waals surface area contributed by atoms with E-state index in [0.29, 0.717) is 23.4 Å². The Morgan fingerprint density at radius 1 is 1.21 bits per heavy atom. The van der Waals surface area contributed by atoms with Gasteiger partial charge in [0, 0.05) is 49.5 Å². The molecule has 0 fully saturated rings. The van der Waals surface area contributed by atoms with Gasteiger partial charge in [0.2, 0.25) is 0 Å². The number of benzene rings is 2. The standard InChI is InChI=1S/C21H21F2N3OS/c22-16-8-15-9-18(13-27-20(15)19(23)10-16)26-17(12-25-21(26)28)6-7-24-11-14-4-2-1-3-5-14/h1-5,8,10,12,18,24H,6-7,9,11,13H2,(H,25,28). The van der Waals surface area contributed by atoms with Crippen molar-refractivity contribution in [3.05, 3.63) is 81.9 Å². The van der Waals surface area contributed by atoms with E-state index in [-0.39, 0.29) is 11.8 Å². The number of nitrogens with one attached hydrogen (secondary N) is 2. The fourth-order valence-electron chi connectivity index (χ4n) is 3.64. The molecule has 146 valence electrons. The lowest BCUT2D eigenvalue weighted by molar-refractivity contribution is 0.210. The summed E-state index contributed by atoms with van der Waals surface area (Å²) in [6.07, 6.45) is 3.15. The van der Waals surface area contributed by atoms with Crippen molar-refractivity contribution in [1.29, 1.82) is 0 Å². The van der Waals surface area contributed by atoms with Crippen LogP contribution < -0.4 is 10.1 Å². The summed E-state index contributed by atoms with van der Waals surface area (Å²) in [7, 11) is 0. The lowest BCUT2D eigenvalue weighted by Crippen LogP contribution is -2.27. The first kappa shape index (κ1) is 18.8. The Morgan fingerprint density at radius 2 is 2.04 bits per heavy atom. The van der Waals surface area contributed by atoms with Crippen molar-refractivity contribution < 1.29 is 13.5 Å². The summed E-state index contributed by atoms with van der Waals surface area (Å²) in [4.78, 5) is 3.09. The van der Waals surface area contributed by atoms with Crippen LogP contribution in [0.1, 0.15) is 22.9 Å². The molecule has 1 aliphatic heterocycles. The number of aromatic nitrogens is 2. The molecular weight excluding hydrogens is 380 g/mol. The maximum absolute atomic E-state index is 13.9. The molecule has 0 saturated carbocycles. The second-order valence-electron chi connectivity index (χ2n) is 6.91. The second kappa shape index (κ2) is 8.24. The highest BCUT2D eigenvalue weighted by Gasteiger charge is 2.26. The summed E-state index contributed by atoms with van der Waals surface area (Å²) in [6.45, 7) is 1.88. The van der Waals surface area contributed by atoms with E-state index in [1.165, 1.54) is 11.6 Å². The number of rotatable bonds is 6. The zero-order chi connectivity index (χ0) is 19.5.